The van der Waals surface area contributed by atoms with Gasteiger partial charge in [0.05, 0.1) is 0 Å². The van der Waals surface area contributed by atoms with Crippen molar-refractivity contribution < 1.29 is 14.6 Å². The number of halogens is 1. The summed E-state index contributed by atoms with van der Waals surface area (Å²) in [7, 11) is 0. The molecule has 1 atom stereocenters. The Balaban J connectivity index is 1.41. The van der Waals surface area contributed by atoms with Gasteiger partial charge in [0, 0.05) is 33.8 Å². The number of benzene rings is 3. The summed E-state index contributed by atoms with van der Waals surface area (Å²) in [4.78, 5) is 16.6. The van der Waals surface area contributed by atoms with Gasteiger partial charge < -0.3 is 14.7 Å². The van der Waals surface area contributed by atoms with Crippen LogP contribution < -0.4 is 4.74 Å². The van der Waals surface area contributed by atoms with E-state index in [1.807, 2.05) is 19.1 Å². The van der Waals surface area contributed by atoms with Crippen molar-refractivity contribution in [1.82, 2.24) is 4.90 Å². The molecule has 0 radical (unpaired) electrons. The molecular weight excluding hydrogens is 478 g/mol. The van der Waals surface area contributed by atoms with Crippen LogP contribution in [0.5, 0.6) is 17.2 Å². The zero-order valence-electron chi connectivity index (χ0n) is 19.9. The molecule has 1 aliphatic heterocycles. The number of phenols is 1. The maximum absolute atomic E-state index is 13.6. The Labute approximate surface area is 214 Å². The number of likely N-dealkylation sites (tertiary alicyclic amines) is 1. The van der Waals surface area contributed by atoms with Gasteiger partial charge in [-0.1, -0.05) is 30.7 Å². The molecule has 1 aliphatic rings. The topological polar surface area (TPSA) is 49.8 Å². The Morgan fingerprint density at radius 3 is 2.66 bits per heavy atom. The molecule has 0 aliphatic carbocycles. The molecule has 1 saturated heterocycles. The number of aromatic hydroxyl groups is 1. The van der Waals surface area contributed by atoms with Gasteiger partial charge in [0.15, 0.2) is 5.75 Å². The smallest absolute Gasteiger partial charge is 0.207 e. The Bertz CT molecular complexity index is 1380. The van der Waals surface area contributed by atoms with Gasteiger partial charge in [0.25, 0.3) is 0 Å². The average molecular weight is 506 g/mol. The number of ketones is 1. The zero-order valence-corrected chi connectivity index (χ0v) is 21.5. The molecule has 0 amide bonds. The predicted octanol–water partition coefficient (Wildman–Crippen LogP) is 7.48. The third kappa shape index (κ3) is 5.22. The van der Waals surface area contributed by atoms with Gasteiger partial charge in [-0.2, -0.15) is 0 Å². The SMILES string of the molecule is Cc1cc(Cl)ccc1C(=O)c1sc2cc(O)ccc2c1Oc1ccc(CCN2CC[C@H](C)C2)cc1. The highest BCUT2D eigenvalue weighted by molar-refractivity contribution is 7.21. The highest BCUT2D eigenvalue weighted by Gasteiger charge is 2.23. The molecule has 180 valence electrons. The summed E-state index contributed by atoms with van der Waals surface area (Å²) < 4.78 is 7.12. The van der Waals surface area contributed by atoms with Crippen molar-refractivity contribution in [2.24, 2.45) is 5.92 Å². The summed E-state index contributed by atoms with van der Waals surface area (Å²) >= 11 is 7.43. The molecule has 3 aromatic carbocycles. The molecule has 0 spiro atoms. The molecular formula is C29H28ClNO3S. The third-order valence-corrected chi connectivity index (χ3v) is 8.00. The van der Waals surface area contributed by atoms with E-state index < -0.39 is 0 Å². The number of carbonyl (C=O) groups excluding carboxylic acids is 1. The van der Waals surface area contributed by atoms with Crippen LogP contribution in [0.3, 0.4) is 0 Å². The zero-order chi connectivity index (χ0) is 24.5. The molecule has 1 N–H and O–H groups in total. The number of hydrogen-bond acceptors (Lipinski definition) is 5. The van der Waals surface area contributed by atoms with Crippen molar-refractivity contribution in [3.8, 4) is 17.2 Å². The van der Waals surface area contributed by atoms with Crippen LogP contribution in [0.25, 0.3) is 10.1 Å². The Hall–Kier alpha value is -2.86. The van der Waals surface area contributed by atoms with E-state index in [2.05, 4.69) is 24.0 Å². The van der Waals surface area contributed by atoms with E-state index >= 15 is 0 Å². The average Bonchev–Trinajstić information content (AvgIpc) is 3.41. The molecule has 0 saturated carbocycles. The van der Waals surface area contributed by atoms with Crippen LogP contribution >= 0.6 is 22.9 Å². The summed E-state index contributed by atoms with van der Waals surface area (Å²) in [5, 5.41) is 11.4. The number of hydrogen-bond donors (Lipinski definition) is 1. The molecule has 0 bridgehead atoms. The molecule has 4 nitrogen and oxygen atoms in total. The summed E-state index contributed by atoms with van der Waals surface area (Å²) in [6.45, 7) is 7.64. The van der Waals surface area contributed by atoms with Crippen molar-refractivity contribution in [2.45, 2.75) is 26.7 Å². The van der Waals surface area contributed by atoms with Gasteiger partial charge in [-0.15, -0.1) is 11.3 Å². The number of thiophene rings is 1. The molecule has 6 heteroatoms. The Kier molecular flexibility index (Phi) is 6.83. The van der Waals surface area contributed by atoms with E-state index in [9.17, 15) is 9.90 Å². The second-order valence-electron chi connectivity index (χ2n) is 9.42. The summed E-state index contributed by atoms with van der Waals surface area (Å²) in [6, 6.07) is 18.5. The number of nitrogens with zero attached hydrogens (tertiary/aromatic N) is 1. The lowest BCUT2D eigenvalue weighted by atomic mass is 10.0. The molecule has 1 fully saturated rings. The van der Waals surface area contributed by atoms with Crippen LogP contribution in [-0.2, 0) is 6.42 Å². The van der Waals surface area contributed by atoms with Gasteiger partial charge in [-0.25, -0.2) is 0 Å². The lowest BCUT2D eigenvalue weighted by Crippen LogP contribution is -2.22. The number of phenolic OH excluding ortho intramolecular Hbond substituents is 1. The quantitative estimate of drug-likeness (QED) is 0.264. The number of rotatable bonds is 7. The predicted molar refractivity (Wildman–Crippen MR) is 144 cm³/mol. The van der Waals surface area contributed by atoms with Crippen LogP contribution in [-0.4, -0.2) is 35.4 Å². The van der Waals surface area contributed by atoms with Crippen LogP contribution in [0.4, 0.5) is 0 Å². The standard InChI is InChI=1S/C29H28ClNO3S/c1-18-11-13-31(17-18)14-12-20-3-7-23(8-4-20)34-28-25-10-6-22(32)16-26(25)35-29(28)27(33)24-9-5-21(30)15-19(24)2/h3-10,15-16,18,32H,11-14,17H2,1-2H3/t18-/m0/s1. The van der Waals surface area contributed by atoms with Crippen LogP contribution in [0.1, 0.15) is 39.7 Å². The highest BCUT2D eigenvalue weighted by atomic mass is 35.5. The highest BCUT2D eigenvalue weighted by Crippen LogP contribution is 2.43. The largest absolute Gasteiger partial charge is 0.508 e. The molecule has 35 heavy (non-hydrogen) atoms. The molecule has 2 heterocycles. The summed E-state index contributed by atoms with van der Waals surface area (Å²) in [6.07, 6.45) is 2.29. The number of fused-ring (bicyclic) bond motifs is 1. The van der Waals surface area contributed by atoms with E-state index in [1.54, 1.807) is 36.4 Å². The van der Waals surface area contributed by atoms with E-state index in [0.717, 1.165) is 34.5 Å². The Morgan fingerprint density at radius 2 is 1.94 bits per heavy atom. The van der Waals surface area contributed by atoms with E-state index in [1.165, 1.54) is 36.4 Å². The Morgan fingerprint density at radius 1 is 1.14 bits per heavy atom. The molecule has 4 aromatic rings. The van der Waals surface area contributed by atoms with Gasteiger partial charge >= 0.3 is 0 Å². The van der Waals surface area contributed by atoms with Crippen molar-refractivity contribution in [3.05, 3.63) is 87.3 Å². The monoisotopic (exact) mass is 505 g/mol. The normalized spacial score (nSPS) is 16.1. The van der Waals surface area contributed by atoms with Crippen molar-refractivity contribution >= 4 is 38.8 Å². The maximum Gasteiger partial charge on any atom is 0.207 e. The van der Waals surface area contributed by atoms with Crippen molar-refractivity contribution in [2.75, 3.05) is 19.6 Å². The number of aryl methyl sites for hydroxylation is 1. The van der Waals surface area contributed by atoms with Crippen molar-refractivity contribution in [3.63, 3.8) is 0 Å². The third-order valence-electron chi connectivity index (χ3n) is 6.64. The first-order chi connectivity index (χ1) is 16.9. The summed E-state index contributed by atoms with van der Waals surface area (Å²) in [5.41, 5.74) is 2.66. The first-order valence-electron chi connectivity index (χ1n) is 11.9. The molecule has 5 rings (SSSR count). The van der Waals surface area contributed by atoms with Gasteiger partial charge in [-0.3, -0.25) is 4.79 Å². The minimum Gasteiger partial charge on any atom is -0.508 e. The first-order valence-corrected chi connectivity index (χ1v) is 13.1. The molecule has 1 aromatic heterocycles. The minimum absolute atomic E-state index is 0.119. The lowest BCUT2D eigenvalue weighted by Gasteiger charge is -2.15. The van der Waals surface area contributed by atoms with Gasteiger partial charge in [-0.05, 0) is 91.9 Å². The minimum atomic E-state index is -0.119. The fraction of sp³-hybridized carbons (Fsp3) is 0.276. The fourth-order valence-electron chi connectivity index (χ4n) is 4.68. The number of carbonyl (C=O) groups is 1. The van der Waals surface area contributed by atoms with E-state index in [0.29, 0.717) is 27.0 Å². The lowest BCUT2D eigenvalue weighted by molar-refractivity contribution is 0.104. The van der Waals surface area contributed by atoms with E-state index in [4.69, 9.17) is 16.3 Å². The van der Waals surface area contributed by atoms with Gasteiger partial charge in [0.2, 0.25) is 5.78 Å². The first kappa shape index (κ1) is 23.9. The second-order valence-corrected chi connectivity index (χ2v) is 10.9. The summed E-state index contributed by atoms with van der Waals surface area (Å²) in [5.74, 6) is 2.03. The maximum atomic E-state index is 13.6. The fourth-order valence-corrected chi connectivity index (χ4v) is 6.02. The second kappa shape index (κ2) is 10.0. The molecule has 0 unspecified atom stereocenters. The van der Waals surface area contributed by atoms with Crippen LogP contribution in [0.15, 0.2) is 60.7 Å². The van der Waals surface area contributed by atoms with E-state index in [-0.39, 0.29) is 11.5 Å². The number of ether oxygens (including phenoxy) is 1. The van der Waals surface area contributed by atoms with Crippen LogP contribution in [0.2, 0.25) is 5.02 Å². The van der Waals surface area contributed by atoms with Gasteiger partial charge in [0.1, 0.15) is 16.4 Å². The van der Waals surface area contributed by atoms with Crippen LogP contribution in [0, 0.1) is 12.8 Å². The van der Waals surface area contributed by atoms with Crippen molar-refractivity contribution in [1.29, 1.82) is 0 Å².